The predicted octanol–water partition coefficient (Wildman–Crippen LogP) is 2.29. The molecule has 0 aliphatic heterocycles. The Balaban J connectivity index is 2.45. The van der Waals surface area contributed by atoms with Crippen LogP contribution in [0.5, 0.6) is 0 Å². The fraction of sp³-hybridized carbons (Fsp3) is 0. The number of aromatic nitrogens is 3. The molecule has 0 atom stereocenters. The van der Waals surface area contributed by atoms with Crippen molar-refractivity contribution in [2.45, 2.75) is 0 Å². The van der Waals surface area contributed by atoms with E-state index in [-0.39, 0.29) is 0 Å². The van der Waals surface area contributed by atoms with Gasteiger partial charge < -0.3 is 0 Å². The molecular formula is C9H5I2N3O. The molecule has 0 N–H and O–H groups in total. The summed E-state index contributed by atoms with van der Waals surface area (Å²) in [4.78, 5) is 18.8. The molecule has 4 nitrogen and oxygen atoms in total. The highest BCUT2D eigenvalue weighted by molar-refractivity contribution is 14.1. The highest BCUT2D eigenvalue weighted by atomic mass is 127. The molecule has 0 radical (unpaired) electrons. The Labute approximate surface area is 113 Å². The molecule has 0 aliphatic carbocycles. The fourth-order valence-corrected chi connectivity index (χ4v) is 1.98. The summed E-state index contributed by atoms with van der Waals surface area (Å²) in [6, 6.07) is 3.53. The zero-order valence-electron chi connectivity index (χ0n) is 7.39. The second-order valence-corrected chi connectivity index (χ2v) is 4.81. The van der Waals surface area contributed by atoms with Gasteiger partial charge in [0, 0.05) is 11.8 Å². The number of imidazole rings is 1. The van der Waals surface area contributed by atoms with Crippen LogP contribution >= 0.6 is 45.2 Å². The minimum absolute atomic E-state index is 0.573. The Bertz CT molecular complexity index is 493. The lowest BCUT2D eigenvalue weighted by molar-refractivity contribution is 0.112. The van der Waals surface area contributed by atoms with Gasteiger partial charge in [0.15, 0.2) is 6.29 Å². The Morgan fingerprint density at radius 1 is 1.27 bits per heavy atom. The third-order valence-corrected chi connectivity index (χ3v) is 4.67. The van der Waals surface area contributed by atoms with E-state index < -0.39 is 0 Å². The number of aldehydes is 1. The third kappa shape index (κ3) is 2.19. The van der Waals surface area contributed by atoms with Gasteiger partial charge in [-0.2, -0.15) is 0 Å². The zero-order chi connectivity index (χ0) is 10.8. The monoisotopic (exact) mass is 425 g/mol. The summed E-state index contributed by atoms with van der Waals surface area (Å²) in [7, 11) is 0. The summed E-state index contributed by atoms with van der Waals surface area (Å²) in [6.07, 6.45) is 4.04. The molecule has 0 saturated carbocycles. The summed E-state index contributed by atoms with van der Waals surface area (Å²) in [5, 5.41) is 0. The van der Waals surface area contributed by atoms with Gasteiger partial charge in [-0.05, 0) is 57.3 Å². The number of hydrogen-bond donors (Lipinski definition) is 0. The van der Waals surface area contributed by atoms with E-state index in [2.05, 4.69) is 55.1 Å². The van der Waals surface area contributed by atoms with E-state index in [1.165, 1.54) is 0 Å². The Hall–Kier alpha value is -0.510. The predicted molar refractivity (Wildman–Crippen MR) is 72.2 cm³/mol. The number of rotatable bonds is 2. The molecule has 2 aromatic heterocycles. The first-order valence-corrected chi connectivity index (χ1v) is 6.18. The van der Waals surface area contributed by atoms with Crippen molar-refractivity contribution in [3.05, 3.63) is 37.6 Å². The molecule has 0 aliphatic rings. The fourth-order valence-electron chi connectivity index (χ4n) is 1.08. The average Bonchev–Trinajstić information content (AvgIpc) is 2.60. The minimum Gasteiger partial charge on any atom is -0.298 e. The van der Waals surface area contributed by atoms with E-state index in [0.717, 1.165) is 19.5 Å². The van der Waals surface area contributed by atoms with E-state index in [0.29, 0.717) is 5.56 Å². The standard InChI is InChI=1S/C9H5I2N3O/c10-8-9(11)14(5-13-8)7-2-1-6(4-15)3-12-7/h1-5H. The van der Waals surface area contributed by atoms with Crippen LogP contribution in [0.3, 0.4) is 0 Å². The lowest BCUT2D eigenvalue weighted by Crippen LogP contribution is -1.98. The summed E-state index contributed by atoms with van der Waals surface area (Å²) in [5.74, 6) is 0.764. The van der Waals surface area contributed by atoms with Crippen molar-refractivity contribution in [3.8, 4) is 5.82 Å². The van der Waals surface area contributed by atoms with Crippen LogP contribution in [-0.2, 0) is 0 Å². The molecule has 0 bridgehead atoms. The van der Waals surface area contributed by atoms with Crippen LogP contribution in [0.25, 0.3) is 5.82 Å². The van der Waals surface area contributed by atoms with Crippen molar-refractivity contribution in [2.24, 2.45) is 0 Å². The van der Waals surface area contributed by atoms with Crippen molar-refractivity contribution in [1.29, 1.82) is 0 Å². The molecule has 0 saturated heterocycles. The van der Waals surface area contributed by atoms with Gasteiger partial charge in [-0.1, -0.05) is 0 Å². The average molecular weight is 425 g/mol. The van der Waals surface area contributed by atoms with Crippen LogP contribution in [0.1, 0.15) is 10.4 Å². The molecule has 2 rings (SSSR count). The first-order chi connectivity index (χ1) is 7.22. The largest absolute Gasteiger partial charge is 0.298 e. The van der Waals surface area contributed by atoms with Crippen LogP contribution in [0.15, 0.2) is 24.7 Å². The molecular weight excluding hydrogens is 420 g/mol. The van der Waals surface area contributed by atoms with Gasteiger partial charge in [0.05, 0.1) is 0 Å². The number of halogens is 2. The summed E-state index contributed by atoms with van der Waals surface area (Å²) < 4.78 is 3.82. The molecule has 6 heteroatoms. The SMILES string of the molecule is O=Cc1ccc(-n2cnc(I)c2I)nc1. The van der Waals surface area contributed by atoms with Crippen LogP contribution in [0, 0.1) is 7.40 Å². The van der Waals surface area contributed by atoms with E-state index in [4.69, 9.17) is 0 Å². The molecule has 0 spiro atoms. The van der Waals surface area contributed by atoms with Crippen molar-refractivity contribution in [2.75, 3.05) is 0 Å². The normalized spacial score (nSPS) is 10.3. The van der Waals surface area contributed by atoms with Gasteiger partial charge in [0.2, 0.25) is 0 Å². The lowest BCUT2D eigenvalue weighted by Gasteiger charge is -2.02. The third-order valence-electron chi connectivity index (χ3n) is 1.82. The second kappa shape index (κ2) is 4.56. The zero-order valence-corrected chi connectivity index (χ0v) is 11.7. The quantitative estimate of drug-likeness (QED) is 0.549. The van der Waals surface area contributed by atoms with Gasteiger partial charge >= 0.3 is 0 Å². The maximum atomic E-state index is 10.5. The van der Waals surface area contributed by atoms with E-state index >= 15 is 0 Å². The van der Waals surface area contributed by atoms with Gasteiger partial charge in [-0.3, -0.25) is 9.36 Å². The van der Waals surface area contributed by atoms with Crippen molar-refractivity contribution >= 4 is 51.5 Å². The number of pyridine rings is 1. The Kier molecular flexibility index (Phi) is 3.34. The molecule has 76 valence electrons. The first-order valence-electron chi connectivity index (χ1n) is 4.02. The molecule has 0 amide bonds. The van der Waals surface area contributed by atoms with E-state index in [1.54, 1.807) is 24.7 Å². The molecule has 0 aromatic carbocycles. The smallest absolute Gasteiger partial charge is 0.151 e. The van der Waals surface area contributed by atoms with E-state index in [1.807, 2.05) is 4.57 Å². The maximum absolute atomic E-state index is 10.5. The molecule has 2 heterocycles. The highest BCUT2D eigenvalue weighted by Crippen LogP contribution is 2.16. The van der Waals surface area contributed by atoms with Crippen molar-refractivity contribution in [3.63, 3.8) is 0 Å². The number of carbonyl (C=O) groups is 1. The van der Waals surface area contributed by atoms with Gasteiger partial charge in [0.1, 0.15) is 19.5 Å². The molecule has 2 aromatic rings. The topological polar surface area (TPSA) is 47.8 Å². The summed E-state index contributed by atoms with van der Waals surface area (Å²) in [6.45, 7) is 0. The van der Waals surface area contributed by atoms with Gasteiger partial charge in [0.25, 0.3) is 0 Å². The number of nitrogens with zero attached hydrogens (tertiary/aromatic N) is 3. The van der Waals surface area contributed by atoms with Crippen LogP contribution in [0.4, 0.5) is 0 Å². The Morgan fingerprint density at radius 2 is 2.07 bits per heavy atom. The first kappa shape index (κ1) is 11.0. The summed E-state index contributed by atoms with van der Waals surface area (Å²) in [5.41, 5.74) is 0.573. The number of hydrogen-bond acceptors (Lipinski definition) is 3. The van der Waals surface area contributed by atoms with Gasteiger partial charge in [-0.15, -0.1) is 0 Å². The van der Waals surface area contributed by atoms with Crippen LogP contribution in [0.2, 0.25) is 0 Å². The van der Waals surface area contributed by atoms with Crippen LogP contribution in [-0.4, -0.2) is 20.8 Å². The van der Waals surface area contributed by atoms with Crippen molar-refractivity contribution < 1.29 is 4.79 Å². The highest BCUT2D eigenvalue weighted by Gasteiger charge is 2.07. The minimum atomic E-state index is 0.573. The second-order valence-electron chi connectivity index (χ2n) is 2.76. The summed E-state index contributed by atoms with van der Waals surface area (Å²) >= 11 is 4.37. The van der Waals surface area contributed by atoms with E-state index in [9.17, 15) is 4.79 Å². The molecule has 15 heavy (non-hydrogen) atoms. The Morgan fingerprint density at radius 3 is 2.53 bits per heavy atom. The number of carbonyl (C=O) groups excluding carboxylic acids is 1. The molecule has 0 fully saturated rings. The van der Waals surface area contributed by atoms with Crippen LogP contribution < -0.4 is 0 Å². The van der Waals surface area contributed by atoms with Gasteiger partial charge in [-0.25, -0.2) is 9.97 Å². The lowest BCUT2D eigenvalue weighted by atomic mass is 10.3. The van der Waals surface area contributed by atoms with Crippen molar-refractivity contribution in [1.82, 2.24) is 14.5 Å². The maximum Gasteiger partial charge on any atom is 0.151 e. The molecule has 0 unspecified atom stereocenters.